The molecule has 6 heteroatoms. The summed E-state index contributed by atoms with van der Waals surface area (Å²) in [6, 6.07) is 15.0. The van der Waals surface area contributed by atoms with Crippen LogP contribution in [0.15, 0.2) is 52.9 Å². The molecule has 0 aliphatic rings. The van der Waals surface area contributed by atoms with Gasteiger partial charge in [0.2, 0.25) is 0 Å². The van der Waals surface area contributed by atoms with Gasteiger partial charge in [-0.1, -0.05) is 18.2 Å². The second-order valence-electron chi connectivity index (χ2n) is 6.76. The Morgan fingerprint density at radius 2 is 1.86 bits per heavy atom. The van der Waals surface area contributed by atoms with E-state index in [9.17, 15) is 4.79 Å². The molecule has 0 fully saturated rings. The summed E-state index contributed by atoms with van der Waals surface area (Å²) in [6.45, 7) is 1.95. The summed E-state index contributed by atoms with van der Waals surface area (Å²) in [5.41, 5.74) is 2.05. The van der Waals surface area contributed by atoms with Crippen molar-refractivity contribution in [2.45, 2.75) is 13.0 Å². The van der Waals surface area contributed by atoms with E-state index < -0.39 is 0 Å². The third-order valence-corrected chi connectivity index (χ3v) is 5.11. The van der Waals surface area contributed by atoms with Crippen molar-refractivity contribution in [3.8, 4) is 11.5 Å². The summed E-state index contributed by atoms with van der Waals surface area (Å²) in [6.07, 6.45) is 0. The fourth-order valence-corrected chi connectivity index (χ4v) is 3.34. The largest absolute Gasteiger partial charge is 0.497 e. The van der Waals surface area contributed by atoms with Crippen molar-refractivity contribution >= 4 is 27.8 Å². The first kappa shape index (κ1) is 18.0. The van der Waals surface area contributed by atoms with Crippen molar-refractivity contribution < 1.29 is 18.7 Å². The first-order valence-electron chi connectivity index (χ1n) is 9.02. The van der Waals surface area contributed by atoms with Gasteiger partial charge < -0.3 is 23.8 Å². The first-order valence-corrected chi connectivity index (χ1v) is 9.02. The first-order chi connectivity index (χ1) is 13.5. The number of carbonyl (C=O) groups is 1. The van der Waals surface area contributed by atoms with Gasteiger partial charge in [-0.2, -0.15) is 0 Å². The third kappa shape index (κ3) is 2.97. The zero-order valence-corrected chi connectivity index (χ0v) is 16.3. The topological polar surface area (TPSA) is 67.7 Å². The number of methoxy groups -OCH3 is 2. The Balaban J connectivity index is 1.66. The highest BCUT2D eigenvalue weighted by atomic mass is 16.5. The van der Waals surface area contributed by atoms with E-state index in [-0.39, 0.29) is 11.9 Å². The van der Waals surface area contributed by atoms with E-state index in [0.717, 1.165) is 27.6 Å². The zero-order valence-electron chi connectivity index (χ0n) is 16.3. The number of nitrogens with one attached hydrogen (secondary N) is 1. The van der Waals surface area contributed by atoms with Crippen molar-refractivity contribution in [3.63, 3.8) is 0 Å². The van der Waals surface area contributed by atoms with Crippen molar-refractivity contribution in [2.24, 2.45) is 0 Å². The summed E-state index contributed by atoms with van der Waals surface area (Å²) in [5.74, 6) is 1.91. The van der Waals surface area contributed by atoms with Gasteiger partial charge in [-0.3, -0.25) is 4.79 Å². The molecule has 0 aliphatic heterocycles. The number of ether oxygens (including phenoxy) is 2. The molecular formula is C22H22N2O4. The number of furan rings is 1. The lowest BCUT2D eigenvalue weighted by atomic mass is 10.2. The monoisotopic (exact) mass is 378 g/mol. The molecule has 28 heavy (non-hydrogen) atoms. The van der Waals surface area contributed by atoms with Crippen LogP contribution in [-0.4, -0.2) is 37.1 Å². The molecule has 2 aromatic carbocycles. The highest BCUT2D eigenvalue weighted by molar-refractivity contribution is 6.00. The Morgan fingerprint density at radius 3 is 2.57 bits per heavy atom. The van der Waals surface area contributed by atoms with Gasteiger partial charge in [0.15, 0.2) is 0 Å². The number of hydrogen-bond donors (Lipinski definition) is 1. The van der Waals surface area contributed by atoms with E-state index in [4.69, 9.17) is 13.9 Å². The molecule has 1 unspecified atom stereocenters. The minimum Gasteiger partial charge on any atom is -0.497 e. The highest BCUT2D eigenvalue weighted by Gasteiger charge is 2.24. The standard InChI is InChI=1S/C22H22N2O4/c1-13(19-11-14-7-5-6-8-18(14)28-19)24(2)22(25)17-10-15-9-16(26-3)12-20(27-4)21(15)23-17/h5-13,23H,1-4H3. The number of amides is 1. The Labute approximate surface area is 162 Å². The normalized spacial score (nSPS) is 12.3. The van der Waals surface area contributed by atoms with Gasteiger partial charge in [0.05, 0.1) is 25.8 Å². The number of para-hydroxylation sites is 1. The molecule has 0 saturated heterocycles. The molecule has 2 aromatic heterocycles. The molecule has 1 N–H and O–H groups in total. The second kappa shape index (κ2) is 6.96. The van der Waals surface area contributed by atoms with Gasteiger partial charge in [0.25, 0.3) is 5.91 Å². The van der Waals surface area contributed by atoms with E-state index >= 15 is 0 Å². The number of fused-ring (bicyclic) bond motifs is 2. The van der Waals surface area contributed by atoms with Crippen LogP contribution in [0.3, 0.4) is 0 Å². The van der Waals surface area contributed by atoms with Crippen LogP contribution in [-0.2, 0) is 0 Å². The number of benzene rings is 2. The summed E-state index contributed by atoms with van der Waals surface area (Å²) in [4.78, 5) is 17.9. The number of H-pyrrole nitrogens is 1. The molecule has 0 bridgehead atoms. The zero-order chi connectivity index (χ0) is 19.8. The summed E-state index contributed by atoms with van der Waals surface area (Å²) in [7, 11) is 4.96. The number of aromatic nitrogens is 1. The molecule has 6 nitrogen and oxygen atoms in total. The summed E-state index contributed by atoms with van der Waals surface area (Å²) >= 11 is 0. The van der Waals surface area contributed by atoms with Gasteiger partial charge in [-0.05, 0) is 31.2 Å². The lowest BCUT2D eigenvalue weighted by Crippen LogP contribution is -2.29. The lowest BCUT2D eigenvalue weighted by Gasteiger charge is -2.22. The van der Waals surface area contributed by atoms with Crippen molar-refractivity contribution in [3.05, 3.63) is 60.0 Å². The van der Waals surface area contributed by atoms with E-state index in [0.29, 0.717) is 17.2 Å². The Kier molecular flexibility index (Phi) is 4.47. The number of aromatic amines is 1. The van der Waals surface area contributed by atoms with Crippen LogP contribution in [0.2, 0.25) is 0 Å². The Hall–Kier alpha value is -3.41. The van der Waals surface area contributed by atoms with Crippen molar-refractivity contribution in [2.75, 3.05) is 21.3 Å². The van der Waals surface area contributed by atoms with Gasteiger partial charge >= 0.3 is 0 Å². The van der Waals surface area contributed by atoms with Crippen LogP contribution < -0.4 is 9.47 Å². The molecule has 0 radical (unpaired) electrons. The van der Waals surface area contributed by atoms with Crippen LogP contribution in [0.1, 0.15) is 29.2 Å². The molecule has 0 saturated carbocycles. The molecule has 144 valence electrons. The fourth-order valence-electron chi connectivity index (χ4n) is 3.34. The van der Waals surface area contributed by atoms with E-state index in [1.54, 1.807) is 32.2 Å². The highest BCUT2D eigenvalue weighted by Crippen LogP contribution is 2.32. The Bertz CT molecular complexity index is 1120. The molecule has 4 rings (SSSR count). The molecule has 2 heterocycles. The number of hydrogen-bond acceptors (Lipinski definition) is 4. The Morgan fingerprint density at radius 1 is 1.07 bits per heavy atom. The SMILES string of the molecule is COc1cc(OC)c2[nH]c(C(=O)N(C)C(C)c3cc4ccccc4o3)cc2c1. The van der Waals surface area contributed by atoms with Crippen LogP contribution in [0, 0.1) is 0 Å². The van der Waals surface area contributed by atoms with Crippen LogP contribution in [0.5, 0.6) is 11.5 Å². The van der Waals surface area contributed by atoms with Crippen molar-refractivity contribution in [1.82, 2.24) is 9.88 Å². The van der Waals surface area contributed by atoms with Crippen LogP contribution >= 0.6 is 0 Å². The average molecular weight is 378 g/mol. The maximum absolute atomic E-state index is 13.1. The molecule has 0 spiro atoms. The summed E-state index contributed by atoms with van der Waals surface area (Å²) in [5, 5.41) is 1.87. The quantitative estimate of drug-likeness (QED) is 0.543. The predicted octanol–water partition coefficient (Wildman–Crippen LogP) is 4.76. The minimum absolute atomic E-state index is 0.134. The average Bonchev–Trinajstić information content (AvgIpc) is 3.35. The molecular weight excluding hydrogens is 356 g/mol. The number of nitrogens with zero attached hydrogens (tertiary/aromatic N) is 1. The van der Waals surface area contributed by atoms with Crippen molar-refractivity contribution in [1.29, 1.82) is 0 Å². The smallest absolute Gasteiger partial charge is 0.270 e. The van der Waals surface area contributed by atoms with Gasteiger partial charge in [0, 0.05) is 23.9 Å². The third-order valence-electron chi connectivity index (χ3n) is 5.11. The predicted molar refractivity (Wildman–Crippen MR) is 108 cm³/mol. The molecule has 4 aromatic rings. The lowest BCUT2D eigenvalue weighted by molar-refractivity contribution is 0.0722. The molecule has 1 amide bonds. The van der Waals surface area contributed by atoms with Crippen LogP contribution in [0.4, 0.5) is 0 Å². The van der Waals surface area contributed by atoms with E-state index in [1.807, 2.05) is 49.4 Å². The van der Waals surface area contributed by atoms with E-state index in [2.05, 4.69) is 4.98 Å². The second-order valence-corrected chi connectivity index (χ2v) is 6.76. The van der Waals surface area contributed by atoms with Gasteiger partial charge in [0.1, 0.15) is 28.5 Å². The van der Waals surface area contributed by atoms with Gasteiger partial charge in [-0.15, -0.1) is 0 Å². The van der Waals surface area contributed by atoms with Crippen LogP contribution in [0.25, 0.3) is 21.9 Å². The maximum Gasteiger partial charge on any atom is 0.270 e. The molecule has 1 atom stereocenters. The number of carbonyl (C=O) groups excluding carboxylic acids is 1. The minimum atomic E-state index is -0.220. The van der Waals surface area contributed by atoms with Gasteiger partial charge in [-0.25, -0.2) is 0 Å². The summed E-state index contributed by atoms with van der Waals surface area (Å²) < 4.78 is 16.7. The fraction of sp³-hybridized carbons (Fsp3) is 0.227. The molecule has 0 aliphatic carbocycles. The number of rotatable bonds is 5. The van der Waals surface area contributed by atoms with E-state index in [1.165, 1.54) is 0 Å². The maximum atomic E-state index is 13.1.